The molecule has 0 bridgehead atoms. The highest BCUT2D eigenvalue weighted by Gasteiger charge is 2.41. The lowest BCUT2D eigenvalue weighted by Gasteiger charge is -2.37. The fourth-order valence-electron chi connectivity index (χ4n) is 5.20. The molecule has 5 rings (SSSR count). The number of amides is 2. The molecule has 1 atom stereocenters. The van der Waals surface area contributed by atoms with Crippen molar-refractivity contribution in [1.82, 2.24) is 14.9 Å². The largest absolute Gasteiger partial charge is 0.437 e. The maximum absolute atomic E-state index is 13.6. The average molecular weight is 558 g/mol. The number of benzene rings is 1. The van der Waals surface area contributed by atoms with Crippen LogP contribution in [0.4, 0.5) is 24.7 Å². The van der Waals surface area contributed by atoms with Gasteiger partial charge >= 0.3 is 6.18 Å². The van der Waals surface area contributed by atoms with E-state index < -0.39 is 29.6 Å². The van der Waals surface area contributed by atoms with Gasteiger partial charge in [-0.25, -0.2) is 9.97 Å². The van der Waals surface area contributed by atoms with Crippen molar-refractivity contribution in [3.8, 4) is 11.5 Å². The van der Waals surface area contributed by atoms with E-state index in [9.17, 15) is 27.9 Å². The number of halogens is 3. The van der Waals surface area contributed by atoms with Crippen molar-refractivity contribution in [3.05, 3.63) is 60.1 Å². The second-order valence-electron chi connectivity index (χ2n) is 10.1. The molecule has 3 aromatic rings. The van der Waals surface area contributed by atoms with Crippen molar-refractivity contribution in [3.63, 3.8) is 0 Å². The lowest BCUT2D eigenvalue weighted by Crippen LogP contribution is -2.53. The van der Waals surface area contributed by atoms with Crippen LogP contribution in [0.3, 0.4) is 0 Å². The molecule has 212 valence electrons. The fourth-order valence-corrected chi connectivity index (χ4v) is 5.20. The maximum atomic E-state index is 13.6. The molecule has 0 spiro atoms. The highest BCUT2D eigenvalue weighted by Crippen LogP contribution is 2.35. The first kappa shape index (κ1) is 27.6. The predicted molar refractivity (Wildman–Crippen MR) is 141 cm³/mol. The number of pyridine rings is 1. The molecule has 2 aliphatic rings. The van der Waals surface area contributed by atoms with Gasteiger partial charge in [0.1, 0.15) is 11.9 Å². The van der Waals surface area contributed by atoms with Gasteiger partial charge < -0.3 is 24.6 Å². The highest BCUT2D eigenvalue weighted by atomic mass is 19.4. The third-order valence-corrected chi connectivity index (χ3v) is 7.39. The molecule has 1 saturated carbocycles. The minimum atomic E-state index is -4.89. The Hall–Kier alpha value is -3.93. The number of aliphatic hydroxyl groups is 1. The number of hydrogen-bond donors (Lipinski definition) is 2. The van der Waals surface area contributed by atoms with Crippen LogP contribution in [0.1, 0.15) is 48.4 Å². The SMILES string of the molecule is O=C(Nc1ccc(N2CCN(C(=O)[C@@H](O)C3CCCCC3)CC2)nc1)c1oc(-c2ccccc2)nc1C(F)(F)F. The van der Waals surface area contributed by atoms with Crippen molar-refractivity contribution in [2.45, 2.75) is 44.4 Å². The van der Waals surface area contributed by atoms with Crippen molar-refractivity contribution >= 4 is 23.3 Å². The summed E-state index contributed by atoms with van der Waals surface area (Å²) >= 11 is 0. The summed E-state index contributed by atoms with van der Waals surface area (Å²) in [6, 6.07) is 11.2. The summed E-state index contributed by atoms with van der Waals surface area (Å²) in [5, 5.41) is 13.0. The number of nitrogens with zero attached hydrogens (tertiary/aromatic N) is 4. The Bertz CT molecular complexity index is 1320. The summed E-state index contributed by atoms with van der Waals surface area (Å²) in [7, 11) is 0. The summed E-state index contributed by atoms with van der Waals surface area (Å²) in [6.45, 7) is 1.91. The predicted octanol–water partition coefficient (Wildman–Crippen LogP) is 4.60. The molecule has 2 N–H and O–H groups in total. The summed E-state index contributed by atoms with van der Waals surface area (Å²) in [4.78, 5) is 37.1. The van der Waals surface area contributed by atoms with Crippen LogP contribution in [0.25, 0.3) is 11.5 Å². The zero-order chi connectivity index (χ0) is 28.3. The second kappa shape index (κ2) is 11.7. The van der Waals surface area contributed by atoms with E-state index in [0.29, 0.717) is 37.6 Å². The Labute approximate surface area is 229 Å². The van der Waals surface area contributed by atoms with E-state index in [1.165, 1.54) is 24.4 Å². The Morgan fingerprint density at radius 2 is 1.70 bits per heavy atom. The molecule has 3 heterocycles. The maximum Gasteiger partial charge on any atom is 0.437 e. The van der Waals surface area contributed by atoms with Crippen LogP contribution in [-0.4, -0.2) is 64.1 Å². The molecule has 1 aliphatic heterocycles. The van der Waals surface area contributed by atoms with Crippen LogP contribution < -0.4 is 10.2 Å². The van der Waals surface area contributed by atoms with Gasteiger partial charge in [-0.3, -0.25) is 9.59 Å². The minimum absolute atomic E-state index is 0.0257. The zero-order valence-corrected chi connectivity index (χ0v) is 21.7. The van der Waals surface area contributed by atoms with Crippen LogP contribution in [0, 0.1) is 5.92 Å². The van der Waals surface area contributed by atoms with E-state index in [0.717, 1.165) is 32.1 Å². The van der Waals surface area contributed by atoms with Gasteiger partial charge in [-0.1, -0.05) is 37.5 Å². The molecule has 12 heteroatoms. The fraction of sp³-hybridized carbons (Fsp3) is 0.429. The number of carbonyl (C=O) groups is 2. The van der Waals surface area contributed by atoms with Gasteiger partial charge in [-0.05, 0) is 43.0 Å². The first-order valence-corrected chi connectivity index (χ1v) is 13.3. The average Bonchev–Trinajstić information content (AvgIpc) is 3.45. The van der Waals surface area contributed by atoms with Gasteiger partial charge in [0.25, 0.3) is 11.8 Å². The van der Waals surface area contributed by atoms with Gasteiger partial charge in [-0.15, -0.1) is 0 Å². The first-order valence-electron chi connectivity index (χ1n) is 13.3. The highest BCUT2D eigenvalue weighted by molar-refractivity contribution is 6.03. The Balaban J connectivity index is 1.20. The Morgan fingerprint density at radius 3 is 2.33 bits per heavy atom. The van der Waals surface area contributed by atoms with Gasteiger partial charge in [0.15, 0.2) is 5.69 Å². The van der Waals surface area contributed by atoms with E-state index >= 15 is 0 Å². The molecule has 2 fully saturated rings. The van der Waals surface area contributed by atoms with Crippen molar-refractivity contribution in [1.29, 1.82) is 0 Å². The van der Waals surface area contributed by atoms with Crippen molar-refractivity contribution < 1.29 is 32.3 Å². The van der Waals surface area contributed by atoms with Crippen molar-refractivity contribution in [2.75, 3.05) is 36.4 Å². The van der Waals surface area contributed by atoms with Crippen molar-refractivity contribution in [2.24, 2.45) is 5.92 Å². The number of aliphatic hydroxyl groups excluding tert-OH is 1. The molecule has 1 aliphatic carbocycles. The van der Waals surface area contributed by atoms with Gasteiger partial charge in [-0.2, -0.15) is 13.2 Å². The Morgan fingerprint density at radius 1 is 1.00 bits per heavy atom. The third kappa shape index (κ3) is 6.11. The van der Waals surface area contributed by atoms with Crippen LogP contribution in [0.15, 0.2) is 53.1 Å². The number of hydrogen-bond acceptors (Lipinski definition) is 7. The second-order valence-corrected chi connectivity index (χ2v) is 10.1. The molecule has 1 saturated heterocycles. The van der Waals surface area contributed by atoms with Gasteiger partial charge in [0.2, 0.25) is 11.7 Å². The number of piperazine rings is 1. The number of nitrogens with one attached hydrogen (secondary N) is 1. The Kier molecular flexibility index (Phi) is 8.06. The quantitative estimate of drug-likeness (QED) is 0.456. The van der Waals surface area contributed by atoms with Crippen LogP contribution in [-0.2, 0) is 11.0 Å². The monoisotopic (exact) mass is 557 g/mol. The number of aromatic nitrogens is 2. The molecular weight excluding hydrogens is 527 g/mol. The third-order valence-electron chi connectivity index (χ3n) is 7.39. The smallest absolute Gasteiger partial charge is 0.430 e. The minimum Gasteiger partial charge on any atom is -0.430 e. The summed E-state index contributed by atoms with van der Waals surface area (Å²) in [5.74, 6) is -1.95. The van der Waals surface area contributed by atoms with E-state index in [2.05, 4.69) is 15.3 Å². The molecule has 40 heavy (non-hydrogen) atoms. The standard InChI is InChI=1S/C28H30F3N5O4/c29-28(30,31)24-23(40-26(34-24)19-9-5-2-6-10-19)25(38)33-20-11-12-21(32-17-20)35-13-15-36(16-14-35)27(39)22(37)18-7-3-1-4-8-18/h2,5-6,9-12,17-18,22,37H,1,3-4,7-8,13-16H2,(H,33,38)/t22-/m0/s1. The number of oxazole rings is 1. The lowest BCUT2D eigenvalue weighted by atomic mass is 9.85. The molecule has 0 unspecified atom stereocenters. The summed E-state index contributed by atoms with van der Waals surface area (Å²) in [6.07, 6.45) is 0.488. The first-order chi connectivity index (χ1) is 19.2. The lowest BCUT2D eigenvalue weighted by molar-refractivity contribution is -0.144. The summed E-state index contributed by atoms with van der Waals surface area (Å²) < 4.78 is 46.0. The molecule has 0 radical (unpaired) electrons. The van der Waals surface area contributed by atoms with E-state index in [4.69, 9.17) is 4.42 Å². The summed E-state index contributed by atoms with van der Waals surface area (Å²) in [5.41, 5.74) is -0.915. The normalized spacial score (nSPS) is 17.5. The number of carbonyl (C=O) groups excluding carboxylic acids is 2. The van der Waals surface area contributed by atoms with E-state index in [-0.39, 0.29) is 23.4 Å². The van der Waals surface area contributed by atoms with E-state index in [1.54, 1.807) is 29.2 Å². The number of rotatable bonds is 6. The van der Waals surface area contributed by atoms with E-state index in [1.807, 2.05) is 4.90 Å². The zero-order valence-electron chi connectivity index (χ0n) is 21.7. The molecule has 9 nitrogen and oxygen atoms in total. The van der Waals surface area contributed by atoms with Crippen LogP contribution in [0.2, 0.25) is 0 Å². The molecule has 1 aromatic carbocycles. The molecule has 2 aromatic heterocycles. The van der Waals surface area contributed by atoms with Gasteiger partial charge in [0.05, 0.1) is 11.9 Å². The molecule has 2 amide bonds. The van der Waals surface area contributed by atoms with Crippen LogP contribution in [0.5, 0.6) is 0 Å². The van der Waals surface area contributed by atoms with Gasteiger partial charge in [0, 0.05) is 31.7 Å². The topological polar surface area (TPSA) is 112 Å². The number of alkyl halides is 3. The van der Waals surface area contributed by atoms with Crippen LogP contribution >= 0.6 is 0 Å². The number of anilines is 2. The molecular formula is C28H30F3N5O4.